The molecule has 0 aliphatic heterocycles. The van der Waals surface area contributed by atoms with Gasteiger partial charge in [-0.1, -0.05) is 35.5 Å². The minimum absolute atomic E-state index is 0.140. The normalized spacial score (nSPS) is 12.0. The molecule has 0 aliphatic rings. The predicted octanol–water partition coefficient (Wildman–Crippen LogP) is 4.10. The molecule has 1 aromatic carbocycles. The third-order valence-corrected chi connectivity index (χ3v) is 5.73. The molecule has 2 heterocycles. The van der Waals surface area contributed by atoms with E-state index in [9.17, 15) is 4.79 Å². The van der Waals surface area contributed by atoms with Crippen LogP contribution in [-0.4, -0.2) is 31.4 Å². The largest absolute Gasteiger partial charge is 0.481 e. The van der Waals surface area contributed by atoms with Gasteiger partial charge in [0.05, 0.1) is 10.8 Å². The van der Waals surface area contributed by atoms with Crippen LogP contribution in [0.4, 0.5) is 5.13 Å². The van der Waals surface area contributed by atoms with E-state index in [0.717, 1.165) is 4.88 Å². The summed E-state index contributed by atoms with van der Waals surface area (Å²) in [5.41, 5.74) is 0. The van der Waals surface area contributed by atoms with Gasteiger partial charge in [0.25, 0.3) is 0 Å². The lowest BCUT2D eigenvalue weighted by Gasteiger charge is -2.15. The number of halogens is 1. The summed E-state index contributed by atoms with van der Waals surface area (Å²) in [6.07, 6.45) is 1.38. The van der Waals surface area contributed by atoms with E-state index in [1.54, 1.807) is 18.3 Å². The Morgan fingerprint density at radius 3 is 2.89 bits per heavy atom. The number of para-hydroxylation sites is 1. The van der Waals surface area contributed by atoms with Crippen molar-refractivity contribution in [3.63, 3.8) is 0 Å². The number of thiazole rings is 1. The van der Waals surface area contributed by atoms with Crippen LogP contribution in [0.5, 0.6) is 5.75 Å². The fourth-order valence-electron chi connectivity index (χ4n) is 2.29. The van der Waals surface area contributed by atoms with E-state index in [4.69, 9.17) is 16.3 Å². The monoisotopic (exact) mass is 423 g/mol. The van der Waals surface area contributed by atoms with E-state index in [2.05, 4.69) is 20.5 Å². The van der Waals surface area contributed by atoms with Crippen molar-refractivity contribution in [2.75, 3.05) is 11.1 Å². The molecule has 7 nitrogen and oxygen atoms in total. The smallest absolute Gasteiger partial charge is 0.236 e. The van der Waals surface area contributed by atoms with Crippen LogP contribution >= 0.6 is 34.7 Å². The highest BCUT2D eigenvalue weighted by molar-refractivity contribution is 7.99. The molecule has 0 saturated heterocycles. The molecule has 1 atom stereocenters. The van der Waals surface area contributed by atoms with Gasteiger partial charge in [0.15, 0.2) is 22.2 Å². The molecule has 0 saturated carbocycles. The molecule has 142 valence electrons. The van der Waals surface area contributed by atoms with Crippen molar-refractivity contribution in [2.45, 2.75) is 25.1 Å². The molecular weight excluding hydrogens is 406 g/mol. The molecule has 3 rings (SSSR count). The molecule has 0 radical (unpaired) electrons. The summed E-state index contributed by atoms with van der Waals surface area (Å²) >= 11 is 8.87. The van der Waals surface area contributed by atoms with E-state index in [1.165, 1.54) is 23.1 Å². The van der Waals surface area contributed by atoms with Gasteiger partial charge >= 0.3 is 0 Å². The van der Waals surface area contributed by atoms with Gasteiger partial charge in [0.1, 0.15) is 5.75 Å². The number of aromatic nitrogens is 4. The van der Waals surface area contributed by atoms with Crippen LogP contribution in [0.15, 0.2) is 35.6 Å². The Morgan fingerprint density at radius 1 is 1.41 bits per heavy atom. The first-order valence-electron chi connectivity index (χ1n) is 8.09. The first kappa shape index (κ1) is 19.7. The van der Waals surface area contributed by atoms with Crippen LogP contribution in [0.1, 0.15) is 23.7 Å². The average Bonchev–Trinajstić information content (AvgIpc) is 3.20. The zero-order chi connectivity index (χ0) is 19.4. The summed E-state index contributed by atoms with van der Waals surface area (Å²) in [6.45, 7) is 3.81. The van der Waals surface area contributed by atoms with E-state index >= 15 is 0 Å². The lowest BCUT2D eigenvalue weighted by atomic mass is 10.3. The molecule has 0 unspecified atom stereocenters. The van der Waals surface area contributed by atoms with Crippen LogP contribution in [0.3, 0.4) is 0 Å². The summed E-state index contributed by atoms with van der Waals surface area (Å²) in [4.78, 5) is 17.2. The zero-order valence-corrected chi connectivity index (χ0v) is 17.4. The van der Waals surface area contributed by atoms with Crippen molar-refractivity contribution >= 4 is 45.7 Å². The van der Waals surface area contributed by atoms with Crippen molar-refractivity contribution in [1.29, 1.82) is 0 Å². The first-order valence-corrected chi connectivity index (χ1v) is 10.3. The maximum Gasteiger partial charge on any atom is 0.236 e. The standard InChI is InChI=1S/C17H18ClN5O2S2/c1-10-8-19-16(27-10)20-14(24)9-26-17-22-21-15(23(17)3)11(2)25-13-7-5-4-6-12(13)18/h4-8,11H,9H2,1-3H3,(H,19,20,24)/t11-/m1/s1. The van der Waals surface area contributed by atoms with Gasteiger partial charge < -0.3 is 14.6 Å². The third-order valence-electron chi connectivity index (χ3n) is 3.57. The van der Waals surface area contributed by atoms with Gasteiger partial charge in [-0.25, -0.2) is 4.98 Å². The number of ether oxygens (including phenoxy) is 1. The summed E-state index contributed by atoms with van der Waals surface area (Å²) in [5.74, 6) is 1.30. The fraction of sp³-hybridized carbons (Fsp3) is 0.294. The van der Waals surface area contributed by atoms with Gasteiger partial charge in [0.2, 0.25) is 5.91 Å². The van der Waals surface area contributed by atoms with Crippen molar-refractivity contribution in [3.05, 3.63) is 46.2 Å². The number of nitrogens with one attached hydrogen (secondary N) is 1. The quantitative estimate of drug-likeness (QED) is 0.576. The maximum absolute atomic E-state index is 12.1. The van der Waals surface area contributed by atoms with Crippen LogP contribution < -0.4 is 10.1 Å². The Bertz CT molecular complexity index is 943. The number of hydrogen-bond acceptors (Lipinski definition) is 7. The Morgan fingerprint density at radius 2 is 2.19 bits per heavy atom. The minimum Gasteiger partial charge on any atom is -0.481 e. The molecule has 10 heteroatoms. The Kier molecular flexibility index (Phi) is 6.35. The van der Waals surface area contributed by atoms with E-state index in [0.29, 0.717) is 26.9 Å². The van der Waals surface area contributed by atoms with Crippen molar-refractivity contribution in [1.82, 2.24) is 19.7 Å². The van der Waals surface area contributed by atoms with E-state index < -0.39 is 0 Å². The lowest BCUT2D eigenvalue weighted by Crippen LogP contribution is -2.14. The average molecular weight is 424 g/mol. The number of amides is 1. The van der Waals surface area contributed by atoms with Gasteiger partial charge in [-0.05, 0) is 26.0 Å². The molecule has 0 aliphatic carbocycles. The van der Waals surface area contributed by atoms with Crippen LogP contribution in [-0.2, 0) is 11.8 Å². The molecule has 0 fully saturated rings. The van der Waals surface area contributed by atoms with Gasteiger partial charge in [-0.2, -0.15) is 0 Å². The maximum atomic E-state index is 12.1. The second-order valence-electron chi connectivity index (χ2n) is 5.70. The lowest BCUT2D eigenvalue weighted by molar-refractivity contribution is -0.113. The molecule has 1 N–H and O–H groups in total. The summed E-state index contributed by atoms with van der Waals surface area (Å²) < 4.78 is 7.69. The van der Waals surface area contributed by atoms with E-state index in [1.807, 2.05) is 37.6 Å². The van der Waals surface area contributed by atoms with Gasteiger partial charge in [-0.3, -0.25) is 4.79 Å². The Balaban J connectivity index is 1.59. The molecule has 0 bridgehead atoms. The van der Waals surface area contributed by atoms with Crippen LogP contribution in [0, 0.1) is 6.92 Å². The van der Waals surface area contributed by atoms with Crippen LogP contribution in [0.25, 0.3) is 0 Å². The molecule has 0 spiro atoms. The summed E-state index contributed by atoms with van der Waals surface area (Å²) in [5, 5.41) is 12.9. The van der Waals surface area contributed by atoms with Crippen molar-refractivity contribution < 1.29 is 9.53 Å². The topological polar surface area (TPSA) is 81.9 Å². The number of carbonyl (C=O) groups is 1. The highest BCUT2D eigenvalue weighted by Crippen LogP contribution is 2.29. The second kappa shape index (κ2) is 8.73. The SMILES string of the molecule is Cc1cnc(NC(=O)CSc2nnc([C@@H](C)Oc3ccccc3Cl)n2C)s1. The molecular formula is C17H18ClN5O2S2. The molecule has 27 heavy (non-hydrogen) atoms. The van der Waals surface area contributed by atoms with Gasteiger partial charge in [-0.15, -0.1) is 21.5 Å². The molecule has 2 aromatic heterocycles. The number of carbonyl (C=O) groups excluding carboxylic acids is 1. The number of anilines is 1. The number of rotatable bonds is 7. The number of thioether (sulfide) groups is 1. The highest BCUT2D eigenvalue weighted by Gasteiger charge is 2.19. The van der Waals surface area contributed by atoms with Crippen LogP contribution in [0.2, 0.25) is 5.02 Å². The zero-order valence-electron chi connectivity index (χ0n) is 15.0. The fourth-order valence-corrected chi connectivity index (χ4v) is 3.87. The number of benzene rings is 1. The Hall–Kier alpha value is -2.10. The minimum atomic E-state index is -0.344. The Labute approximate surface area is 170 Å². The summed E-state index contributed by atoms with van der Waals surface area (Å²) in [6, 6.07) is 7.27. The second-order valence-corrected chi connectivity index (χ2v) is 8.29. The third kappa shape index (κ3) is 5.00. The van der Waals surface area contributed by atoms with Crippen molar-refractivity contribution in [3.8, 4) is 5.75 Å². The molecule has 3 aromatic rings. The number of hydrogen-bond donors (Lipinski definition) is 1. The van der Waals surface area contributed by atoms with Crippen molar-refractivity contribution in [2.24, 2.45) is 7.05 Å². The number of aryl methyl sites for hydroxylation is 1. The van der Waals surface area contributed by atoms with Gasteiger partial charge in [0, 0.05) is 18.1 Å². The number of nitrogens with zero attached hydrogens (tertiary/aromatic N) is 4. The highest BCUT2D eigenvalue weighted by atomic mass is 35.5. The molecule has 1 amide bonds. The predicted molar refractivity (Wildman–Crippen MR) is 108 cm³/mol. The van der Waals surface area contributed by atoms with E-state index in [-0.39, 0.29) is 17.8 Å². The summed E-state index contributed by atoms with van der Waals surface area (Å²) in [7, 11) is 1.84. The first-order chi connectivity index (χ1) is 12.9.